The lowest BCUT2D eigenvalue weighted by molar-refractivity contribution is -0.138. The molecule has 1 amide bonds. The molecule has 0 aliphatic carbocycles. The summed E-state index contributed by atoms with van der Waals surface area (Å²) >= 11 is 4.21. The first-order valence-corrected chi connectivity index (χ1v) is 6.20. The standard InChI is InChI=1S/C10H18N4O3S/c11-7(9(16)17)2-1-3-13-10(12)14-5-6(18)4-8(14)15/h6-7,18H,1-5,11H2,(H2,12,13)(H,16,17). The number of rotatable bonds is 5. The van der Waals surface area contributed by atoms with Gasteiger partial charge in [-0.05, 0) is 12.8 Å². The van der Waals surface area contributed by atoms with E-state index in [9.17, 15) is 9.59 Å². The number of guanidine groups is 1. The number of carbonyl (C=O) groups is 2. The van der Waals surface area contributed by atoms with Gasteiger partial charge in [-0.2, -0.15) is 12.6 Å². The van der Waals surface area contributed by atoms with Crippen molar-refractivity contribution >= 4 is 30.5 Å². The summed E-state index contributed by atoms with van der Waals surface area (Å²) in [7, 11) is 0. The topological polar surface area (TPSA) is 122 Å². The monoisotopic (exact) mass is 274 g/mol. The van der Waals surface area contributed by atoms with Crippen LogP contribution in [0.1, 0.15) is 19.3 Å². The number of aliphatic imine (C=N–C) groups is 1. The molecule has 0 radical (unpaired) electrons. The predicted octanol–water partition coefficient (Wildman–Crippen LogP) is -0.976. The second-order valence-corrected chi connectivity index (χ2v) is 4.92. The van der Waals surface area contributed by atoms with E-state index in [-0.39, 0.29) is 17.1 Å². The molecule has 18 heavy (non-hydrogen) atoms. The van der Waals surface area contributed by atoms with Crippen molar-refractivity contribution in [2.75, 3.05) is 13.1 Å². The molecule has 7 nitrogen and oxygen atoms in total. The minimum atomic E-state index is -1.03. The second kappa shape index (κ2) is 6.60. The number of thiol groups is 1. The molecule has 8 heteroatoms. The molecular formula is C10H18N4O3S. The molecule has 1 fully saturated rings. The average molecular weight is 274 g/mol. The van der Waals surface area contributed by atoms with Crippen LogP contribution in [0, 0.1) is 0 Å². The van der Waals surface area contributed by atoms with E-state index in [1.165, 1.54) is 4.90 Å². The lowest BCUT2D eigenvalue weighted by Gasteiger charge is -2.14. The van der Waals surface area contributed by atoms with Gasteiger partial charge < -0.3 is 16.6 Å². The molecule has 1 rings (SSSR count). The molecule has 1 aliphatic heterocycles. The van der Waals surface area contributed by atoms with Gasteiger partial charge in [0.05, 0.1) is 0 Å². The number of nitrogens with zero attached hydrogens (tertiary/aromatic N) is 2. The molecule has 1 heterocycles. The maximum absolute atomic E-state index is 11.5. The van der Waals surface area contributed by atoms with Crippen molar-refractivity contribution in [3.05, 3.63) is 0 Å². The van der Waals surface area contributed by atoms with Gasteiger partial charge in [0.15, 0.2) is 5.96 Å². The summed E-state index contributed by atoms with van der Waals surface area (Å²) in [4.78, 5) is 27.4. The van der Waals surface area contributed by atoms with E-state index in [0.717, 1.165) is 0 Å². The molecule has 0 saturated carbocycles. The molecular weight excluding hydrogens is 256 g/mol. The number of aliphatic carboxylic acids is 1. The number of carbonyl (C=O) groups excluding carboxylic acids is 1. The van der Waals surface area contributed by atoms with Crippen LogP contribution in [-0.2, 0) is 9.59 Å². The highest BCUT2D eigenvalue weighted by Crippen LogP contribution is 2.15. The van der Waals surface area contributed by atoms with Crippen molar-refractivity contribution in [3.63, 3.8) is 0 Å². The normalized spacial score (nSPS) is 22.3. The molecule has 5 N–H and O–H groups in total. The minimum Gasteiger partial charge on any atom is -0.480 e. The summed E-state index contributed by atoms with van der Waals surface area (Å²) in [5.41, 5.74) is 11.0. The van der Waals surface area contributed by atoms with E-state index < -0.39 is 12.0 Å². The fraction of sp³-hybridized carbons (Fsp3) is 0.700. The van der Waals surface area contributed by atoms with Crippen LogP contribution in [0.5, 0.6) is 0 Å². The van der Waals surface area contributed by atoms with Crippen LogP contribution in [0.25, 0.3) is 0 Å². The van der Waals surface area contributed by atoms with Gasteiger partial charge in [-0.25, -0.2) is 0 Å². The molecule has 0 aromatic carbocycles. The highest BCUT2D eigenvalue weighted by atomic mass is 32.1. The van der Waals surface area contributed by atoms with Crippen molar-refractivity contribution in [2.24, 2.45) is 16.5 Å². The van der Waals surface area contributed by atoms with E-state index in [1.807, 2.05) is 0 Å². The van der Waals surface area contributed by atoms with Crippen LogP contribution in [0.2, 0.25) is 0 Å². The van der Waals surface area contributed by atoms with Gasteiger partial charge in [-0.1, -0.05) is 0 Å². The highest BCUT2D eigenvalue weighted by Gasteiger charge is 2.29. The first kappa shape index (κ1) is 14.8. The van der Waals surface area contributed by atoms with E-state index in [0.29, 0.717) is 32.4 Å². The van der Waals surface area contributed by atoms with E-state index in [1.54, 1.807) is 0 Å². The summed E-state index contributed by atoms with van der Waals surface area (Å²) < 4.78 is 0. The zero-order valence-electron chi connectivity index (χ0n) is 9.95. The Morgan fingerprint density at radius 2 is 2.33 bits per heavy atom. The summed E-state index contributed by atoms with van der Waals surface area (Å²) in [6, 6.07) is -0.878. The fourth-order valence-electron chi connectivity index (χ4n) is 1.62. The minimum absolute atomic E-state index is 0.00770. The Balaban J connectivity index is 2.34. The van der Waals surface area contributed by atoms with Gasteiger partial charge in [-0.15, -0.1) is 0 Å². The van der Waals surface area contributed by atoms with Crippen LogP contribution in [0.4, 0.5) is 0 Å². The van der Waals surface area contributed by atoms with Gasteiger partial charge in [0, 0.05) is 24.8 Å². The molecule has 102 valence electrons. The Kier molecular flexibility index (Phi) is 5.42. The Morgan fingerprint density at radius 1 is 1.67 bits per heavy atom. The van der Waals surface area contributed by atoms with E-state index >= 15 is 0 Å². The number of carboxylic acid groups (broad SMARTS) is 1. The Morgan fingerprint density at radius 3 is 2.83 bits per heavy atom. The van der Waals surface area contributed by atoms with Gasteiger partial charge in [0.25, 0.3) is 0 Å². The highest BCUT2D eigenvalue weighted by molar-refractivity contribution is 7.81. The first-order valence-electron chi connectivity index (χ1n) is 5.68. The number of nitrogens with two attached hydrogens (primary N) is 2. The van der Waals surface area contributed by atoms with Crippen LogP contribution < -0.4 is 11.5 Å². The lowest BCUT2D eigenvalue weighted by Crippen LogP contribution is -2.38. The lowest BCUT2D eigenvalue weighted by atomic mass is 10.2. The molecule has 2 atom stereocenters. The summed E-state index contributed by atoms with van der Waals surface area (Å²) in [5.74, 6) is -0.946. The largest absolute Gasteiger partial charge is 0.480 e. The molecule has 1 saturated heterocycles. The molecule has 0 spiro atoms. The van der Waals surface area contributed by atoms with Gasteiger partial charge >= 0.3 is 5.97 Å². The molecule has 0 aromatic heterocycles. The molecule has 1 aliphatic rings. The first-order chi connectivity index (χ1) is 8.41. The molecule has 0 bridgehead atoms. The number of carboxylic acids is 1. The smallest absolute Gasteiger partial charge is 0.320 e. The average Bonchev–Trinajstić information content (AvgIpc) is 2.63. The Hall–Kier alpha value is -1.28. The number of hydrogen-bond acceptors (Lipinski definition) is 5. The van der Waals surface area contributed by atoms with E-state index in [2.05, 4.69) is 17.6 Å². The summed E-state index contributed by atoms with van der Waals surface area (Å²) in [6.07, 6.45) is 1.21. The van der Waals surface area contributed by atoms with Crippen molar-refractivity contribution in [1.82, 2.24) is 4.90 Å². The van der Waals surface area contributed by atoms with Crippen molar-refractivity contribution in [1.29, 1.82) is 0 Å². The van der Waals surface area contributed by atoms with Gasteiger partial charge in [0.1, 0.15) is 6.04 Å². The maximum atomic E-state index is 11.5. The number of likely N-dealkylation sites (tertiary alicyclic amines) is 1. The van der Waals surface area contributed by atoms with Crippen molar-refractivity contribution < 1.29 is 14.7 Å². The molecule has 2 unspecified atom stereocenters. The van der Waals surface area contributed by atoms with Crippen LogP contribution >= 0.6 is 12.6 Å². The summed E-state index contributed by atoms with van der Waals surface area (Å²) in [5, 5.41) is 8.57. The van der Waals surface area contributed by atoms with Crippen molar-refractivity contribution in [3.8, 4) is 0 Å². The van der Waals surface area contributed by atoms with Gasteiger partial charge in [-0.3, -0.25) is 19.5 Å². The Labute approximate surface area is 111 Å². The third-order valence-electron chi connectivity index (χ3n) is 2.65. The van der Waals surface area contributed by atoms with Gasteiger partial charge in [0.2, 0.25) is 5.91 Å². The third kappa shape index (κ3) is 4.19. The van der Waals surface area contributed by atoms with E-state index in [4.69, 9.17) is 16.6 Å². The zero-order chi connectivity index (χ0) is 13.7. The molecule has 0 aromatic rings. The number of hydrogen-bond donors (Lipinski definition) is 4. The van der Waals surface area contributed by atoms with Crippen molar-refractivity contribution in [2.45, 2.75) is 30.6 Å². The van der Waals surface area contributed by atoms with Crippen LogP contribution in [-0.4, -0.2) is 52.2 Å². The van der Waals surface area contributed by atoms with Crippen LogP contribution in [0.15, 0.2) is 4.99 Å². The van der Waals surface area contributed by atoms with Crippen LogP contribution in [0.3, 0.4) is 0 Å². The predicted molar refractivity (Wildman–Crippen MR) is 70.4 cm³/mol. The second-order valence-electron chi connectivity index (χ2n) is 4.19. The number of amides is 1. The zero-order valence-corrected chi connectivity index (χ0v) is 10.8. The Bertz CT molecular complexity index is 361. The fourth-order valence-corrected chi connectivity index (χ4v) is 1.94. The summed E-state index contributed by atoms with van der Waals surface area (Å²) in [6.45, 7) is 0.819. The SMILES string of the molecule is NC(=NCCCC(N)C(=O)O)N1CC(S)CC1=O. The third-order valence-corrected chi connectivity index (χ3v) is 2.99. The maximum Gasteiger partial charge on any atom is 0.320 e. The quantitative estimate of drug-likeness (QED) is 0.222.